The fraction of sp³-hybridized carbons (Fsp3) is 0.250. The summed E-state index contributed by atoms with van der Waals surface area (Å²) in [6.07, 6.45) is 0. The molecule has 0 saturated heterocycles. The molecule has 6 heteroatoms. The average Bonchev–Trinajstić information content (AvgIpc) is 2.14. The molecule has 0 saturated carbocycles. The van der Waals surface area contributed by atoms with E-state index in [9.17, 15) is 0 Å². The van der Waals surface area contributed by atoms with Gasteiger partial charge in [-0.05, 0) is 0 Å². The second-order valence-corrected chi connectivity index (χ2v) is 2.27. The van der Waals surface area contributed by atoms with Crippen LogP contribution in [0.2, 0.25) is 0 Å². The minimum absolute atomic E-state index is 0. The van der Waals surface area contributed by atoms with Crippen LogP contribution in [0.5, 0.6) is 0 Å². The highest BCUT2D eigenvalue weighted by Crippen LogP contribution is 2.09. The SMILES string of the molecule is Cl.Cl.NCc1csc(N)n1. The van der Waals surface area contributed by atoms with Crippen molar-refractivity contribution in [1.82, 2.24) is 4.98 Å². The van der Waals surface area contributed by atoms with Crippen LogP contribution < -0.4 is 11.5 Å². The molecule has 60 valence electrons. The number of anilines is 1. The first kappa shape index (κ1) is 12.6. The van der Waals surface area contributed by atoms with Crippen LogP contribution in [-0.2, 0) is 6.54 Å². The fourth-order valence-corrected chi connectivity index (χ4v) is 0.992. The van der Waals surface area contributed by atoms with E-state index in [1.165, 1.54) is 11.3 Å². The van der Waals surface area contributed by atoms with Gasteiger partial charge in [0.1, 0.15) is 0 Å². The third-order valence-corrected chi connectivity index (χ3v) is 1.50. The molecule has 0 unspecified atom stereocenters. The summed E-state index contributed by atoms with van der Waals surface area (Å²) in [5, 5.41) is 2.44. The van der Waals surface area contributed by atoms with Crippen LogP contribution in [-0.4, -0.2) is 4.98 Å². The van der Waals surface area contributed by atoms with Crippen LogP contribution in [0.25, 0.3) is 0 Å². The van der Waals surface area contributed by atoms with Crippen molar-refractivity contribution in [3.05, 3.63) is 11.1 Å². The Bertz CT molecular complexity index is 179. The van der Waals surface area contributed by atoms with Gasteiger partial charge in [-0.25, -0.2) is 4.98 Å². The smallest absolute Gasteiger partial charge is 0.180 e. The van der Waals surface area contributed by atoms with E-state index in [2.05, 4.69) is 4.98 Å². The molecule has 3 nitrogen and oxygen atoms in total. The Balaban J connectivity index is 0. The van der Waals surface area contributed by atoms with Crippen LogP contribution in [0.15, 0.2) is 5.38 Å². The zero-order valence-electron chi connectivity index (χ0n) is 5.11. The monoisotopic (exact) mass is 201 g/mol. The van der Waals surface area contributed by atoms with Gasteiger partial charge in [-0.15, -0.1) is 36.2 Å². The summed E-state index contributed by atoms with van der Waals surface area (Å²) in [7, 11) is 0. The molecule has 0 amide bonds. The lowest BCUT2D eigenvalue weighted by Crippen LogP contribution is -1.96. The van der Waals surface area contributed by atoms with Crippen LogP contribution in [0.4, 0.5) is 5.13 Å². The number of halogens is 2. The van der Waals surface area contributed by atoms with Crippen molar-refractivity contribution in [2.75, 3.05) is 5.73 Å². The van der Waals surface area contributed by atoms with Gasteiger partial charge in [0.25, 0.3) is 0 Å². The highest BCUT2D eigenvalue weighted by atomic mass is 35.5. The van der Waals surface area contributed by atoms with Gasteiger partial charge in [0.05, 0.1) is 5.69 Å². The number of thiazole rings is 1. The number of hydrogen-bond acceptors (Lipinski definition) is 4. The first-order valence-corrected chi connectivity index (χ1v) is 3.11. The average molecular weight is 202 g/mol. The number of hydrogen-bond donors (Lipinski definition) is 2. The minimum Gasteiger partial charge on any atom is -0.375 e. The maximum absolute atomic E-state index is 5.31. The molecule has 4 N–H and O–H groups in total. The van der Waals surface area contributed by atoms with Crippen LogP contribution in [0.1, 0.15) is 5.69 Å². The third kappa shape index (κ3) is 3.22. The van der Waals surface area contributed by atoms with Crippen LogP contribution in [0, 0.1) is 0 Å². The Labute approximate surface area is 75.6 Å². The maximum atomic E-state index is 5.31. The van der Waals surface area contributed by atoms with Crippen molar-refractivity contribution < 1.29 is 0 Å². The third-order valence-electron chi connectivity index (χ3n) is 0.779. The molecular formula is C4H9Cl2N3S. The lowest BCUT2D eigenvalue weighted by Gasteiger charge is -1.80. The molecule has 1 aromatic heterocycles. The van der Waals surface area contributed by atoms with Gasteiger partial charge in [-0.2, -0.15) is 0 Å². The number of nitrogens with zero attached hydrogens (tertiary/aromatic N) is 1. The summed E-state index contributed by atoms with van der Waals surface area (Å²) in [5.41, 5.74) is 11.4. The zero-order valence-corrected chi connectivity index (χ0v) is 7.56. The lowest BCUT2D eigenvalue weighted by atomic mass is 10.5. The molecule has 1 rings (SSSR count). The number of aromatic nitrogens is 1. The van der Waals surface area contributed by atoms with E-state index in [4.69, 9.17) is 11.5 Å². The molecular weight excluding hydrogens is 193 g/mol. The Kier molecular flexibility index (Phi) is 7.24. The van der Waals surface area contributed by atoms with Crippen molar-refractivity contribution in [2.45, 2.75) is 6.54 Å². The first-order valence-electron chi connectivity index (χ1n) is 2.23. The molecule has 0 radical (unpaired) electrons. The Hall–Kier alpha value is -0.0300. The van der Waals surface area contributed by atoms with Crippen LogP contribution in [0.3, 0.4) is 0 Å². The fourth-order valence-electron chi connectivity index (χ4n) is 0.416. The van der Waals surface area contributed by atoms with E-state index in [0.717, 1.165) is 5.69 Å². The molecule has 1 aromatic rings. The predicted octanol–water partition coefficient (Wildman–Crippen LogP) is 1.03. The Morgan fingerprint density at radius 3 is 2.30 bits per heavy atom. The predicted molar refractivity (Wildman–Crippen MR) is 48.9 cm³/mol. The zero-order chi connectivity index (χ0) is 5.98. The van der Waals surface area contributed by atoms with Crippen molar-refractivity contribution in [3.8, 4) is 0 Å². The van der Waals surface area contributed by atoms with E-state index in [1.54, 1.807) is 0 Å². The van der Waals surface area contributed by atoms with E-state index in [-0.39, 0.29) is 24.8 Å². The van der Waals surface area contributed by atoms with E-state index in [0.29, 0.717) is 11.7 Å². The van der Waals surface area contributed by atoms with E-state index >= 15 is 0 Å². The van der Waals surface area contributed by atoms with E-state index in [1.807, 2.05) is 5.38 Å². The summed E-state index contributed by atoms with van der Waals surface area (Å²) in [6.45, 7) is 0.480. The van der Waals surface area contributed by atoms with Gasteiger partial charge in [0, 0.05) is 11.9 Å². The molecule has 0 aliphatic carbocycles. The molecule has 1 heterocycles. The van der Waals surface area contributed by atoms with Crippen LogP contribution >= 0.6 is 36.2 Å². The van der Waals surface area contributed by atoms with Gasteiger partial charge in [-0.3, -0.25) is 0 Å². The molecule has 0 aliphatic rings. The molecule has 0 spiro atoms. The standard InChI is InChI=1S/C4H7N3S.2ClH/c5-1-3-2-8-4(6)7-3;;/h2H,1,5H2,(H2,6,7);2*1H. The van der Waals surface area contributed by atoms with Gasteiger partial charge in [0.15, 0.2) is 5.13 Å². The topological polar surface area (TPSA) is 64.9 Å². The summed E-state index contributed by atoms with van der Waals surface area (Å²) in [5.74, 6) is 0. The Morgan fingerprint density at radius 1 is 1.50 bits per heavy atom. The van der Waals surface area contributed by atoms with Crippen molar-refractivity contribution >= 4 is 41.3 Å². The highest BCUT2D eigenvalue weighted by molar-refractivity contribution is 7.13. The quantitative estimate of drug-likeness (QED) is 0.714. The molecule has 0 aromatic carbocycles. The Morgan fingerprint density at radius 2 is 2.10 bits per heavy atom. The lowest BCUT2D eigenvalue weighted by molar-refractivity contribution is 1.01. The summed E-state index contributed by atoms with van der Waals surface area (Å²) < 4.78 is 0. The molecule has 10 heavy (non-hydrogen) atoms. The first-order chi connectivity index (χ1) is 3.83. The largest absolute Gasteiger partial charge is 0.375 e. The second-order valence-electron chi connectivity index (χ2n) is 1.38. The van der Waals surface area contributed by atoms with Gasteiger partial charge < -0.3 is 11.5 Å². The maximum Gasteiger partial charge on any atom is 0.180 e. The van der Waals surface area contributed by atoms with Gasteiger partial charge >= 0.3 is 0 Å². The summed E-state index contributed by atoms with van der Waals surface area (Å²) >= 11 is 1.42. The van der Waals surface area contributed by atoms with Crippen molar-refractivity contribution in [2.24, 2.45) is 5.73 Å². The number of rotatable bonds is 1. The van der Waals surface area contributed by atoms with Crippen molar-refractivity contribution in [3.63, 3.8) is 0 Å². The molecule has 0 bridgehead atoms. The summed E-state index contributed by atoms with van der Waals surface area (Å²) in [6, 6.07) is 0. The summed E-state index contributed by atoms with van der Waals surface area (Å²) in [4.78, 5) is 3.90. The van der Waals surface area contributed by atoms with E-state index < -0.39 is 0 Å². The van der Waals surface area contributed by atoms with Gasteiger partial charge in [-0.1, -0.05) is 0 Å². The van der Waals surface area contributed by atoms with Gasteiger partial charge in [0.2, 0.25) is 0 Å². The minimum atomic E-state index is 0. The van der Waals surface area contributed by atoms with Crippen molar-refractivity contribution in [1.29, 1.82) is 0 Å². The highest BCUT2D eigenvalue weighted by Gasteiger charge is 1.92. The number of nitrogen functional groups attached to an aromatic ring is 1. The molecule has 0 aliphatic heterocycles. The molecule has 0 fully saturated rings. The second kappa shape index (κ2) is 5.73. The normalized spacial score (nSPS) is 7.70. The number of nitrogens with two attached hydrogens (primary N) is 2. The molecule has 0 atom stereocenters.